The second-order valence-corrected chi connectivity index (χ2v) is 3.38. The van der Waals surface area contributed by atoms with Gasteiger partial charge in [-0.1, -0.05) is 78.3 Å². The molecule has 0 spiro atoms. The third-order valence-corrected chi connectivity index (χ3v) is 2.13. The summed E-state index contributed by atoms with van der Waals surface area (Å²) in [6.07, 6.45) is 13.2. The third-order valence-electron chi connectivity index (χ3n) is 2.13. The smallest absolute Gasteiger partial charge is 0.0191 e. The fourth-order valence-corrected chi connectivity index (χ4v) is 1.38. The summed E-state index contributed by atoms with van der Waals surface area (Å²) in [6, 6.07) is 0. The van der Waals surface area contributed by atoms with E-state index in [1.807, 2.05) is 34.6 Å². The first kappa shape index (κ1) is 21.5. The van der Waals surface area contributed by atoms with Crippen LogP contribution in [0.2, 0.25) is 0 Å². The predicted octanol–water partition coefficient (Wildman–Crippen LogP) is 6.55. The normalized spacial score (nSPS) is 12.8. The summed E-state index contributed by atoms with van der Waals surface area (Å²) in [4.78, 5) is 0. The van der Waals surface area contributed by atoms with Gasteiger partial charge in [-0.25, -0.2) is 0 Å². The lowest BCUT2D eigenvalue weighted by atomic mass is 9.95. The summed E-state index contributed by atoms with van der Waals surface area (Å²) in [7, 11) is 0. The second kappa shape index (κ2) is 20.6. The lowest BCUT2D eigenvalue weighted by Gasteiger charge is -2.10. The molecule has 0 saturated carbocycles. The summed E-state index contributed by atoms with van der Waals surface area (Å²) in [5, 5.41) is 0. The van der Waals surface area contributed by atoms with Crippen LogP contribution in [0.15, 0.2) is 36.0 Å². The number of rotatable bonds is 5. The van der Waals surface area contributed by atoms with Crippen LogP contribution in [0.5, 0.6) is 0 Å². The Bertz CT molecular complexity index is 194. The molecular formula is C17H34. The van der Waals surface area contributed by atoms with Crippen LogP contribution in [-0.2, 0) is 0 Å². The topological polar surface area (TPSA) is 0 Å². The van der Waals surface area contributed by atoms with Crippen LogP contribution in [0.1, 0.15) is 68.2 Å². The van der Waals surface area contributed by atoms with Gasteiger partial charge in [0, 0.05) is 0 Å². The molecule has 102 valence electrons. The predicted molar refractivity (Wildman–Crippen MR) is 84.5 cm³/mol. The molecule has 0 aromatic carbocycles. The molecule has 1 unspecified atom stereocenters. The van der Waals surface area contributed by atoms with E-state index in [0.29, 0.717) is 5.92 Å². The Morgan fingerprint density at radius 1 is 1.00 bits per heavy atom. The molecule has 17 heavy (non-hydrogen) atoms. The minimum Gasteiger partial charge on any atom is -0.0877 e. The fourth-order valence-electron chi connectivity index (χ4n) is 1.38. The summed E-state index contributed by atoms with van der Waals surface area (Å²) in [6.45, 7) is 16.6. The minimum absolute atomic E-state index is 0.678. The largest absolute Gasteiger partial charge is 0.0877 e. The maximum Gasteiger partial charge on any atom is -0.0191 e. The van der Waals surface area contributed by atoms with E-state index in [0.717, 1.165) is 0 Å². The molecule has 0 N–H and O–H groups in total. The average Bonchev–Trinajstić information content (AvgIpc) is 2.39. The Hall–Kier alpha value is -0.780. The van der Waals surface area contributed by atoms with E-state index in [-0.39, 0.29) is 0 Å². The number of hydrogen-bond acceptors (Lipinski definition) is 0. The SMILES string of the molecule is CC.CC.C\C=C/C=C(\C=C/C)C(C)CCC. The third kappa shape index (κ3) is 15.2. The first-order chi connectivity index (χ1) is 8.26. The zero-order valence-corrected chi connectivity index (χ0v) is 13.4. The van der Waals surface area contributed by atoms with Gasteiger partial charge in [-0.05, 0) is 31.8 Å². The van der Waals surface area contributed by atoms with Gasteiger partial charge in [-0.15, -0.1) is 0 Å². The maximum absolute atomic E-state index is 2.29. The van der Waals surface area contributed by atoms with Crippen molar-refractivity contribution in [2.75, 3.05) is 0 Å². The molecule has 0 aromatic heterocycles. The lowest BCUT2D eigenvalue weighted by Crippen LogP contribution is -1.96. The highest BCUT2D eigenvalue weighted by Gasteiger charge is 2.02. The molecule has 0 bridgehead atoms. The average molecular weight is 238 g/mol. The molecule has 1 atom stereocenters. The molecule has 0 fully saturated rings. The lowest BCUT2D eigenvalue weighted by molar-refractivity contribution is 0.613. The first-order valence-electron chi connectivity index (χ1n) is 7.21. The zero-order valence-electron chi connectivity index (χ0n) is 13.4. The van der Waals surface area contributed by atoms with E-state index in [1.165, 1.54) is 18.4 Å². The van der Waals surface area contributed by atoms with E-state index in [9.17, 15) is 0 Å². The van der Waals surface area contributed by atoms with Gasteiger partial charge in [0.1, 0.15) is 0 Å². The Morgan fingerprint density at radius 2 is 1.53 bits per heavy atom. The quantitative estimate of drug-likeness (QED) is 0.476. The van der Waals surface area contributed by atoms with Crippen molar-refractivity contribution in [3.05, 3.63) is 36.0 Å². The standard InChI is InChI=1S/C13H22.2C2H6/c1-5-8-11-13(10-7-3)12(4)9-6-2;2*1-2/h5,7-8,10-12H,6,9H2,1-4H3;2*1-2H3/b8-5-,10-7-,13-11+;;. The highest BCUT2D eigenvalue weighted by molar-refractivity contribution is 5.25. The van der Waals surface area contributed by atoms with E-state index < -0.39 is 0 Å². The van der Waals surface area contributed by atoms with Crippen molar-refractivity contribution in [1.29, 1.82) is 0 Å². The molecule has 0 aliphatic heterocycles. The Morgan fingerprint density at radius 3 is 1.88 bits per heavy atom. The summed E-state index contributed by atoms with van der Waals surface area (Å²) in [5.74, 6) is 0.678. The van der Waals surface area contributed by atoms with Crippen molar-refractivity contribution in [2.24, 2.45) is 5.92 Å². The molecule has 0 rings (SSSR count). The summed E-state index contributed by atoms with van der Waals surface area (Å²) < 4.78 is 0. The van der Waals surface area contributed by atoms with Crippen molar-refractivity contribution < 1.29 is 0 Å². The van der Waals surface area contributed by atoms with Gasteiger partial charge in [0.2, 0.25) is 0 Å². The van der Waals surface area contributed by atoms with Gasteiger partial charge >= 0.3 is 0 Å². The molecule has 0 aliphatic rings. The van der Waals surface area contributed by atoms with Crippen molar-refractivity contribution in [2.45, 2.75) is 68.2 Å². The minimum atomic E-state index is 0.678. The Kier molecular flexibility index (Phi) is 26.1. The molecule has 0 heterocycles. The number of hydrogen-bond donors (Lipinski definition) is 0. The fraction of sp³-hybridized carbons (Fsp3) is 0.647. The molecular weight excluding hydrogens is 204 g/mol. The molecule has 0 nitrogen and oxygen atoms in total. The van der Waals surface area contributed by atoms with Gasteiger partial charge in [-0.2, -0.15) is 0 Å². The van der Waals surface area contributed by atoms with Gasteiger partial charge in [0.25, 0.3) is 0 Å². The van der Waals surface area contributed by atoms with Gasteiger partial charge in [0.05, 0.1) is 0 Å². The first-order valence-corrected chi connectivity index (χ1v) is 7.21. The van der Waals surface area contributed by atoms with Crippen molar-refractivity contribution in [1.82, 2.24) is 0 Å². The van der Waals surface area contributed by atoms with Crippen LogP contribution >= 0.6 is 0 Å². The van der Waals surface area contributed by atoms with Crippen LogP contribution in [0, 0.1) is 5.92 Å². The number of allylic oxidation sites excluding steroid dienone is 6. The van der Waals surface area contributed by atoms with Crippen LogP contribution in [0.4, 0.5) is 0 Å². The molecule has 0 aliphatic carbocycles. The second-order valence-electron chi connectivity index (χ2n) is 3.38. The van der Waals surface area contributed by atoms with Crippen LogP contribution in [0.25, 0.3) is 0 Å². The van der Waals surface area contributed by atoms with Gasteiger partial charge < -0.3 is 0 Å². The van der Waals surface area contributed by atoms with Gasteiger partial charge in [-0.3, -0.25) is 0 Å². The Labute approximate surface area is 111 Å². The van der Waals surface area contributed by atoms with E-state index >= 15 is 0 Å². The Balaban J connectivity index is -0.000000439. The van der Waals surface area contributed by atoms with E-state index in [2.05, 4.69) is 51.2 Å². The highest BCUT2D eigenvalue weighted by Crippen LogP contribution is 2.17. The molecule has 0 aromatic rings. The monoisotopic (exact) mass is 238 g/mol. The van der Waals surface area contributed by atoms with E-state index in [1.54, 1.807) is 0 Å². The van der Waals surface area contributed by atoms with Crippen molar-refractivity contribution in [3.63, 3.8) is 0 Å². The molecule has 0 heteroatoms. The van der Waals surface area contributed by atoms with Crippen molar-refractivity contribution >= 4 is 0 Å². The van der Waals surface area contributed by atoms with Crippen LogP contribution in [0.3, 0.4) is 0 Å². The van der Waals surface area contributed by atoms with Crippen LogP contribution in [-0.4, -0.2) is 0 Å². The highest BCUT2D eigenvalue weighted by atomic mass is 14.1. The summed E-state index contributed by atoms with van der Waals surface area (Å²) in [5.41, 5.74) is 1.43. The van der Waals surface area contributed by atoms with Crippen LogP contribution < -0.4 is 0 Å². The zero-order chi connectivity index (χ0) is 14.1. The molecule has 0 amide bonds. The van der Waals surface area contributed by atoms with E-state index in [4.69, 9.17) is 0 Å². The van der Waals surface area contributed by atoms with Crippen molar-refractivity contribution in [3.8, 4) is 0 Å². The van der Waals surface area contributed by atoms with Gasteiger partial charge in [0.15, 0.2) is 0 Å². The summed E-state index contributed by atoms with van der Waals surface area (Å²) >= 11 is 0. The molecule has 0 saturated heterocycles. The maximum atomic E-state index is 2.29. The molecule has 0 radical (unpaired) electrons.